The van der Waals surface area contributed by atoms with Crippen molar-refractivity contribution in [1.29, 1.82) is 0 Å². The molecular formula is C16H19NO3. The summed E-state index contributed by atoms with van der Waals surface area (Å²) in [5.74, 6) is 5.51. The zero-order chi connectivity index (χ0) is 14.4. The number of rotatable bonds is 2. The van der Waals surface area contributed by atoms with Crippen molar-refractivity contribution in [1.82, 2.24) is 4.90 Å². The topological polar surface area (TPSA) is 60.8 Å². The third-order valence-electron chi connectivity index (χ3n) is 3.52. The molecule has 2 rings (SSSR count). The Kier molecular flexibility index (Phi) is 5.16. The van der Waals surface area contributed by atoms with Crippen LogP contribution in [0.5, 0.6) is 0 Å². The molecule has 0 aliphatic carbocycles. The number of aliphatic hydroxyl groups is 2. The Morgan fingerprint density at radius 1 is 1.35 bits per heavy atom. The molecule has 1 amide bonds. The standard InChI is InChI=1S/C16H19NO3/c18-10-4-7-14-6-1-2-8-15(14)16(20)17-9-3-5-13(11-17)12-19/h1-2,6,8,13,18-19H,3,5,9-12H2. The Hall–Kier alpha value is -1.83. The van der Waals surface area contributed by atoms with Gasteiger partial charge in [0.25, 0.3) is 5.91 Å². The van der Waals surface area contributed by atoms with E-state index in [0.717, 1.165) is 19.4 Å². The Balaban J connectivity index is 2.20. The van der Waals surface area contributed by atoms with Gasteiger partial charge in [0.05, 0.1) is 5.56 Å². The summed E-state index contributed by atoms with van der Waals surface area (Å²) in [5, 5.41) is 18.0. The van der Waals surface area contributed by atoms with Crippen molar-refractivity contribution in [2.24, 2.45) is 5.92 Å². The van der Waals surface area contributed by atoms with Crippen molar-refractivity contribution in [3.05, 3.63) is 35.4 Å². The molecule has 20 heavy (non-hydrogen) atoms. The van der Waals surface area contributed by atoms with E-state index in [9.17, 15) is 9.90 Å². The molecular weight excluding hydrogens is 254 g/mol. The summed E-state index contributed by atoms with van der Waals surface area (Å²) in [5.41, 5.74) is 1.20. The predicted octanol–water partition coefficient (Wildman–Crippen LogP) is 0.875. The fourth-order valence-corrected chi connectivity index (χ4v) is 2.48. The van der Waals surface area contributed by atoms with Crippen LogP contribution in [0, 0.1) is 17.8 Å². The number of amides is 1. The van der Waals surface area contributed by atoms with Gasteiger partial charge < -0.3 is 15.1 Å². The number of piperidine rings is 1. The molecule has 1 aromatic carbocycles. The molecule has 0 aromatic heterocycles. The second-order valence-corrected chi connectivity index (χ2v) is 4.95. The van der Waals surface area contributed by atoms with Crippen LogP contribution in [0.15, 0.2) is 24.3 Å². The second-order valence-electron chi connectivity index (χ2n) is 4.95. The molecule has 106 valence electrons. The van der Waals surface area contributed by atoms with E-state index in [2.05, 4.69) is 11.8 Å². The van der Waals surface area contributed by atoms with E-state index in [0.29, 0.717) is 17.7 Å². The van der Waals surface area contributed by atoms with E-state index < -0.39 is 0 Å². The van der Waals surface area contributed by atoms with Crippen LogP contribution in [0.4, 0.5) is 0 Å². The van der Waals surface area contributed by atoms with Gasteiger partial charge in [0.2, 0.25) is 0 Å². The highest BCUT2D eigenvalue weighted by Crippen LogP contribution is 2.19. The van der Waals surface area contributed by atoms with Crippen molar-refractivity contribution in [3.63, 3.8) is 0 Å². The minimum atomic E-state index is -0.223. The minimum absolute atomic E-state index is 0.0500. The van der Waals surface area contributed by atoms with Crippen LogP contribution in [-0.4, -0.2) is 47.3 Å². The first-order chi connectivity index (χ1) is 9.76. The maximum Gasteiger partial charge on any atom is 0.255 e. The Bertz CT molecular complexity index is 530. The third kappa shape index (κ3) is 3.38. The molecule has 1 aliphatic heterocycles. The van der Waals surface area contributed by atoms with Gasteiger partial charge in [-0.15, -0.1) is 0 Å². The van der Waals surface area contributed by atoms with Crippen molar-refractivity contribution < 1.29 is 15.0 Å². The van der Waals surface area contributed by atoms with E-state index in [4.69, 9.17) is 5.11 Å². The van der Waals surface area contributed by atoms with Crippen molar-refractivity contribution in [2.45, 2.75) is 12.8 Å². The zero-order valence-electron chi connectivity index (χ0n) is 11.4. The summed E-state index contributed by atoms with van der Waals surface area (Å²) in [4.78, 5) is 14.3. The first-order valence-electron chi connectivity index (χ1n) is 6.85. The highest BCUT2D eigenvalue weighted by atomic mass is 16.3. The molecule has 1 fully saturated rings. The number of nitrogens with zero attached hydrogens (tertiary/aromatic N) is 1. The maximum absolute atomic E-state index is 12.6. The molecule has 1 heterocycles. The van der Waals surface area contributed by atoms with E-state index in [1.807, 2.05) is 12.1 Å². The highest BCUT2D eigenvalue weighted by molar-refractivity contribution is 5.96. The normalized spacial score (nSPS) is 18.3. The van der Waals surface area contributed by atoms with E-state index in [-0.39, 0.29) is 25.0 Å². The lowest BCUT2D eigenvalue weighted by molar-refractivity contribution is 0.0620. The smallest absolute Gasteiger partial charge is 0.255 e. The molecule has 0 radical (unpaired) electrons. The maximum atomic E-state index is 12.6. The summed E-state index contributed by atoms with van der Waals surface area (Å²) in [6.45, 7) is 1.21. The lowest BCUT2D eigenvalue weighted by atomic mass is 9.97. The fourth-order valence-electron chi connectivity index (χ4n) is 2.48. The quantitative estimate of drug-likeness (QED) is 0.786. The van der Waals surface area contributed by atoms with Gasteiger partial charge in [-0.3, -0.25) is 4.79 Å². The van der Waals surface area contributed by atoms with Crippen LogP contribution in [-0.2, 0) is 0 Å². The number of carbonyl (C=O) groups is 1. The van der Waals surface area contributed by atoms with Crippen LogP contribution in [0.25, 0.3) is 0 Å². The van der Waals surface area contributed by atoms with Crippen molar-refractivity contribution in [2.75, 3.05) is 26.3 Å². The number of hydrogen-bond acceptors (Lipinski definition) is 3. The highest BCUT2D eigenvalue weighted by Gasteiger charge is 2.24. The monoisotopic (exact) mass is 273 g/mol. The molecule has 0 saturated carbocycles. The van der Waals surface area contributed by atoms with Gasteiger partial charge in [0.15, 0.2) is 0 Å². The van der Waals surface area contributed by atoms with Crippen LogP contribution in [0.2, 0.25) is 0 Å². The number of carbonyl (C=O) groups excluding carboxylic acids is 1. The van der Waals surface area contributed by atoms with E-state index in [1.54, 1.807) is 17.0 Å². The van der Waals surface area contributed by atoms with Gasteiger partial charge in [-0.25, -0.2) is 0 Å². The average Bonchev–Trinajstić information content (AvgIpc) is 2.52. The molecule has 4 heteroatoms. The SMILES string of the molecule is O=C(c1ccccc1C#CCO)N1CCCC(CO)C1. The van der Waals surface area contributed by atoms with Crippen molar-refractivity contribution >= 4 is 5.91 Å². The molecule has 1 unspecified atom stereocenters. The summed E-state index contributed by atoms with van der Waals surface area (Å²) in [7, 11) is 0. The van der Waals surface area contributed by atoms with Crippen LogP contribution >= 0.6 is 0 Å². The van der Waals surface area contributed by atoms with Crippen LogP contribution in [0.3, 0.4) is 0 Å². The molecule has 1 aliphatic rings. The largest absolute Gasteiger partial charge is 0.396 e. The molecule has 0 bridgehead atoms. The molecule has 1 atom stereocenters. The van der Waals surface area contributed by atoms with Gasteiger partial charge in [-0.1, -0.05) is 24.0 Å². The summed E-state index contributed by atoms with van der Waals surface area (Å²) in [6, 6.07) is 7.17. The molecule has 0 spiro atoms. The Morgan fingerprint density at radius 2 is 2.15 bits per heavy atom. The zero-order valence-corrected chi connectivity index (χ0v) is 11.4. The number of benzene rings is 1. The lowest BCUT2D eigenvalue weighted by Gasteiger charge is -2.32. The second kappa shape index (κ2) is 7.09. The Morgan fingerprint density at radius 3 is 2.90 bits per heavy atom. The van der Waals surface area contributed by atoms with Crippen LogP contribution < -0.4 is 0 Å². The number of likely N-dealkylation sites (tertiary alicyclic amines) is 1. The first kappa shape index (κ1) is 14.6. The average molecular weight is 273 g/mol. The van der Waals surface area contributed by atoms with Gasteiger partial charge in [0.1, 0.15) is 6.61 Å². The minimum Gasteiger partial charge on any atom is -0.396 e. The van der Waals surface area contributed by atoms with E-state index in [1.165, 1.54) is 0 Å². The van der Waals surface area contributed by atoms with E-state index >= 15 is 0 Å². The summed E-state index contributed by atoms with van der Waals surface area (Å²) >= 11 is 0. The number of aliphatic hydroxyl groups excluding tert-OH is 2. The van der Waals surface area contributed by atoms with Crippen LogP contribution in [0.1, 0.15) is 28.8 Å². The molecule has 1 saturated heterocycles. The molecule has 1 aromatic rings. The van der Waals surface area contributed by atoms with Gasteiger partial charge in [-0.2, -0.15) is 0 Å². The summed E-state index contributed by atoms with van der Waals surface area (Å²) in [6.07, 6.45) is 1.88. The summed E-state index contributed by atoms with van der Waals surface area (Å²) < 4.78 is 0. The third-order valence-corrected chi connectivity index (χ3v) is 3.52. The molecule has 2 N–H and O–H groups in total. The van der Waals surface area contributed by atoms with Gasteiger partial charge >= 0.3 is 0 Å². The first-order valence-corrected chi connectivity index (χ1v) is 6.85. The predicted molar refractivity (Wildman–Crippen MR) is 76.1 cm³/mol. The van der Waals surface area contributed by atoms with Crippen molar-refractivity contribution in [3.8, 4) is 11.8 Å². The van der Waals surface area contributed by atoms with Gasteiger partial charge in [-0.05, 0) is 30.9 Å². The lowest BCUT2D eigenvalue weighted by Crippen LogP contribution is -2.41. The fraction of sp³-hybridized carbons (Fsp3) is 0.438. The number of hydrogen-bond donors (Lipinski definition) is 2. The Labute approximate surface area is 119 Å². The van der Waals surface area contributed by atoms with Gasteiger partial charge in [0, 0.05) is 25.3 Å². The molecule has 4 nitrogen and oxygen atoms in total.